The Morgan fingerprint density at radius 3 is 2.34 bits per heavy atom. The first-order valence-electron chi connectivity index (χ1n) is 11.6. The molecule has 35 heavy (non-hydrogen) atoms. The van der Waals surface area contributed by atoms with E-state index >= 15 is 0 Å². The first-order valence-corrected chi connectivity index (χ1v) is 12.3. The van der Waals surface area contributed by atoms with Gasteiger partial charge in [-0.3, -0.25) is 24.2 Å². The Balaban J connectivity index is 1.52. The lowest BCUT2D eigenvalue weighted by Crippen LogP contribution is -2.67. The molecule has 4 amide bonds. The molecule has 1 aromatic carbocycles. The number of urea groups is 1. The molecule has 8 nitrogen and oxygen atoms in total. The first-order chi connectivity index (χ1) is 16.6. The molecule has 10 heteroatoms. The number of nitrogens with zero attached hydrogens (tertiary/aromatic N) is 4. The van der Waals surface area contributed by atoms with E-state index in [1.165, 1.54) is 14.1 Å². The lowest BCUT2D eigenvalue weighted by atomic mass is 9.75. The molecule has 4 heterocycles. The van der Waals surface area contributed by atoms with Gasteiger partial charge in [0.1, 0.15) is 5.41 Å². The Morgan fingerprint density at radius 2 is 1.66 bits per heavy atom. The van der Waals surface area contributed by atoms with Gasteiger partial charge in [-0.05, 0) is 42.5 Å². The van der Waals surface area contributed by atoms with E-state index in [1.54, 1.807) is 30.3 Å². The molecule has 0 spiro atoms. The van der Waals surface area contributed by atoms with Gasteiger partial charge in [-0.2, -0.15) is 0 Å². The summed E-state index contributed by atoms with van der Waals surface area (Å²) < 4.78 is 1.84. The van der Waals surface area contributed by atoms with Crippen molar-refractivity contribution in [3.8, 4) is 0 Å². The summed E-state index contributed by atoms with van der Waals surface area (Å²) in [5, 5.41) is 0.819. The number of barbiturate groups is 1. The van der Waals surface area contributed by atoms with Gasteiger partial charge in [0.15, 0.2) is 0 Å². The van der Waals surface area contributed by atoms with E-state index in [1.807, 2.05) is 10.6 Å². The molecule has 0 saturated carbocycles. The summed E-state index contributed by atoms with van der Waals surface area (Å²) in [4.78, 5) is 56.5. The van der Waals surface area contributed by atoms with Crippen molar-refractivity contribution >= 4 is 41.0 Å². The highest BCUT2D eigenvalue weighted by atomic mass is 35.5. The topological polar surface area (TPSA) is 82.9 Å². The average molecular weight is 517 g/mol. The zero-order chi connectivity index (χ0) is 25.1. The normalized spacial score (nSPS) is 24.1. The molecule has 3 aliphatic rings. The van der Waals surface area contributed by atoms with Gasteiger partial charge < -0.3 is 9.47 Å². The summed E-state index contributed by atoms with van der Waals surface area (Å²) in [6.45, 7) is 2.02. The number of benzene rings is 1. The first kappa shape index (κ1) is 24.0. The van der Waals surface area contributed by atoms with Crippen LogP contribution in [0.4, 0.5) is 4.79 Å². The second-order valence-electron chi connectivity index (χ2n) is 9.90. The van der Waals surface area contributed by atoms with Crippen LogP contribution < -0.4 is 5.56 Å². The molecule has 3 aliphatic heterocycles. The van der Waals surface area contributed by atoms with E-state index in [0.29, 0.717) is 35.2 Å². The minimum absolute atomic E-state index is 0.00102. The second-order valence-corrected chi connectivity index (χ2v) is 10.7. The fourth-order valence-corrected chi connectivity index (χ4v) is 6.45. The van der Waals surface area contributed by atoms with Gasteiger partial charge in [-0.15, -0.1) is 0 Å². The van der Waals surface area contributed by atoms with Crippen LogP contribution in [0.5, 0.6) is 0 Å². The lowest BCUT2D eigenvalue weighted by molar-refractivity contribution is -0.159. The van der Waals surface area contributed by atoms with E-state index in [2.05, 4.69) is 4.90 Å². The fraction of sp³-hybridized carbons (Fsp3) is 0.440. The van der Waals surface area contributed by atoms with E-state index in [9.17, 15) is 19.2 Å². The minimum Gasteiger partial charge on any atom is -0.312 e. The van der Waals surface area contributed by atoms with Crippen LogP contribution in [0, 0.1) is 11.3 Å². The molecule has 5 rings (SSSR count). The van der Waals surface area contributed by atoms with Crippen LogP contribution >= 0.6 is 23.2 Å². The summed E-state index contributed by atoms with van der Waals surface area (Å²) in [5.74, 6) is -0.727. The van der Waals surface area contributed by atoms with Crippen LogP contribution in [-0.2, 0) is 22.6 Å². The average Bonchev–Trinajstić information content (AvgIpc) is 2.82. The molecular formula is C25H26Cl2N4O4. The SMILES string of the molecule is CN1C(=O)N(C)C(=O)C(Cc2ccc(Cl)cc2Cl)(CN2C[C@@H]3C[C@H](C2)c2cccc(=O)n2C3)C1=O. The third kappa shape index (κ3) is 3.97. The standard InChI is InChI=1S/C25H26Cl2N4O4/c1-28-22(33)25(23(34)29(2)24(28)35,10-16-6-7-18(26)9-19(16)27)14-30-11-15-8-17(13-30)20-4-3-5-21(32)31(20)12-15/h3-7,9,15,17H,8,10-14H2,1-2H3/t15-,17+/m0/s1. The van der Waals surface area contributed by atoms with Gasteiger partial charge in [0.2, 0.25) is 11.8 Å². The molecule has 184 valence electrons. The highest BCUT2D eigenvalue weighted by Crippen LogP contribution is 2.40. The van der Waals surface area contributed by atoms with Crippen molar-refractivity contribution < 1.29 is 14.4 Å². The molecule has 0 aliphatic carbocycles. The van der Waals surface area contributed by atoms with Crippen LogP contribution in [0.1, 0.15) is 23.6 Å². The smallest absolute Gasteiger partial charge is 0.312 e. The third-order valence-corrected chi connectivity index (χ3v) is 8.15. The predicted octanol–water partition coefficient (Wildman–Crippen LogP) is 2.85. The summed E-state index contributed by atoms with van der Waals surface area (Å²) >= 11 is 12.5. The number of halogens is 2. The molecule has 0 unspecified atom stereocenters. The Hall–Kier alpha value is -2.68. The number of likely N-dealkylation sites (tertiary alicyclic amines) is 1. The van der Waals surface area contributed by atoms with E-state index in [-0.39, 0.29) is 30.4 Å². The zero-order valence-electron chi connectivity index (χ0n) is 19.5. The van der Waals surface area contributed by atoms with E-state index in [4.69, 9.17) is 23.2 Å². The summed E-state index contributed by atoms with van der Waals surface area (Å²) in [6.07, 6.45) is 1.00. The number of pyridine rings is 1. The maximum atomic E-state index is 13.7. The van der Waals surface area contributed by atoms with Crippen LogP contribution in [0.3, 0.4) is 0 Å². The Labute approximate surface area is 213 Å². The number of hydrogen-bond donors (Lipinski definition) is 0. The van der Waals surface area contributed by atoms with E-state index in [0.717, 1.165) is 21.9 Å². The maximum Gasteiger partial charge on any atom is 0.332 e. The van der Waals surface area contributed by atoms with Crippen molar-refractivity contribution in [2.45, 2.75) is 25.3 Å². The largest absolute Gasteiger partial charge is 0.332 e. The molecule has 0 N–H and O–H groups in total. The van der Waals surface area contributed by atoms with Gasteiger partial charge in [0, 0.05) is 68.0 Å². The Bertz CT molecular complexity index is 1270. The van der Waals surface area contributed by atoms with Gasteiger partial charge in [0.05, 0.1) is 0 Å². The monoisotopic (exact) mass is 516 g/mol. The molecule has 2 bridgehead atoms. The number of fused-ring (bicyclic) bond motifs is 4. The quantitative estimate of drug-likeness (QED) is 0.583. The van der Waals surface area contributed by atoms with Crippen molar-refractivity contribution in [3.63, 3.8) is 0 Å². The number of imide groups is 2. The lowest BCUT2D eigenvalue weighted by Gasteiger charge is -2.48. The van der Waals surface area contributed by atoms with E-state index < -0.39 is 23.3 Å². The van der Waals surface area contributed by atoms with Crippen molar-refractivity contribution in [2.75, 3.05) is 33.7 Å². The van der Waals surface area contributed by atoms with Crippen molar-refractivity contribution in [2.24, 2.45) is 11.3 Å². The maximum absolute atomic E-state index is 13.7. The van der Waals surface area contributed by atoms with Crippen molar-refractivity contribution in [1.29, 1.82) is 0 Å². The number of hydrogen-bond acceptors (Lipinski definition) is 5. The highest BCUT2D eigenvalue weighted by molar-refractivity contribution is 6.35. The van der Waals surface area contributed by atoms with Crippen LogP contribution in [0.15, 0.2) is 41.2 Å². The third-order valence-electron chi connectivity index (χ3n) is 7.56. The molecular weight excluding hydrogens is 491 g/mol. The number of rotatable bonds is 4. The highest BCUT2D eigenvalue weighted by Gasteiger charge is 2.56. The van der Waals surface area contributed by atoms with Crippen LogP contribution in [0.2, 0.25) is 10.0 Å². The molecule has 2 fully saturated rings. The summed E-state index contributed by atoms with van der Waals surface area (Å²) in [6, 6.07) is 9.66. The zero-order valence-corrected chi connectivity index (χ0v) is 21.1. The van der Waals surface area contributed by atoms with Crippen LogP contribution in [0.25, 0.3) is 0 Å². The summed E-state index contributed by atoms with van der Waals surface area (Å²) in [5.41, 5.74) is 0.0810. The van der Waals surface area contributed by atoms with Crippen molar-refractivity contribution in [3.05, 3.63) is 68.1 Å². The fourth-order valence-electron chi connectivity index (χ4n) is 5.97. The van der Waals surface area contributed by atoms with Gasteiger partial charge in [0.25, 0.3) is 5.56 Å². The number of carbonyl (C=O) groups is 3. The van der Waals surface area contributed by atoms with Crippen molar-refractivity contribution in [1.82, 2.24) is 19.3 Å². The Kier molecular flexibility index (Phi) is 6.02. The number of aromatic nitrogens is 1. The molecule has 2 saturated heterocycles. The molecule has 2 aromatic rings. The number of amides is 4. The molecule has 0 radical (unpaired) electrons. The Morgan fingerprint density at radius 1 is 0.943 bits per heavy atom. The summed E-state index contributed by atoms with van der Waals surface area (Å²) in [7, 11) is 2.80. The van der Waals surface area contributed by atoms with Gasteiger partial charge in [-0.25, -0.2) is 4.79 Å². The minimum atomic E-state index is -1.52. The molecule has 1 aromatic heterocycles. The second kappa shape index (κ2) is 8.76. The predicted molar refractivity (Wildman–Crippen MR) is 132 cm³/mol. The molecule has 2 atom stereocenters. The number of piperidine rings is 1. The van der Waals surface area contributed by atoms with Gasteiger partial charge in [-0.1, -0.05) is 35.3 Å². The van der Waals surface area contributed by atoms with Crippen LogP contribution in [-0.4, -0.2) is 70.8 Å². The number of carbonyl (C=O) groups excluding carboxylic acids is 3. The van der Waals surface area contributed by atoms with Gasteiger partial charge >= 0.3 is 6.03 Å².